The Morgan fingerprint density at radius 3 is 2.94 bits per heavy atom. The molecule has 1 aromatic carbocycles. The molecule has 0 fully saturated rings. The average molecular weight is 236 g/mol. The maximum Gasteiger partial charge on any atom is 0.141 e. The predicted molar refractivity (Wildman–Crippen MR) is 59.7 cm³/mol. The van der Waals surface area contributed by atoms with Crippen molar-refractivity contribution in [3.63, 3.8) is 0 Å². The van der Waals surface area contributed by atoms with Gasteiger partial charge >= 0.3 is 0 Å². The first-order chi connectivity index (χ1) is 8.15. The van der Waals surface area contributed by atoms with Crippen LogP contribution in [0.2, 0.25) is 0 Å². The predicted octanol–water partition coefficient (Wildman–Crippen LogP) is 1.50. The third-order valence-electron chi connectivity index (χ3n) is 2.40. The van der Waals surface area contributed by atoms with Crippen molar-refractivity contribution in [1.29, 1.82) is 0 Å². The fourth-order valence-corrected chi connectivity index (χ4v) is 1.53. The second kappa shape index (κ2) is 4.92. The Morgan fingerprint density at radius 2 is 2.29 bits per heavy atom. The highest BCUT2D eigenvalue weighted by molar-refractivity contribution is 5.28. The number of H-pyrrole nitrogens is 1. The van der Waals surface area contributed by atoms with Crippen molar-refractivity contribution in [3.8, 4) is 5.75 Å². The van der Waals surface area contributed by atoms with Gasteiger partial charge in [-0.05, 0) is 24.6 Å². The van der Waals surface area contributed by atoms with E-state index in [4.69, 9.17) is 0 Å². The molecule has 0 bridgehead atoms. The second-order valence-corrected chi connectivity index (χ2v) is 3.79. The first-order valence-electron chi connectivity index (χ1n) is 5.22. The van der Waals surface area contributed by atoms with Gasteiger partial charge in [-0.25, -0.2) is 9.37 Å². The van der Waals surface area contributed by atoms with Crippen molar-refractivity contribution in [2.75, 3.05) is 0 Å². The Morgan fingerprint density at radius 1 is 1.47 bits per heavy atom. The minimum Gasteiger partial charge on any atom is -0.508 e. The quantitative estimate of drug-likeness (QED) is 0.752. The van der Waals surface area contributed by atoms with Gasteiger partial charge in [0.1, 0.15) is 23.7 Å². The molecule has 5 nitrogen and oxygen atoms in total. The number of hydrogen-bond acceptors (Lipinski definition) is 4. The molecule has 1 heterocycles. The van der Waals surface area contributed by atoms with Crippen molar-refractivity contribution in [2.24, 2.45) is 0 Å². The van der Waals surface area contributed by atoms with Crippen LogP contribution in [0.5, 0.6) is 5.75 Å². The van der Waals surface area contributed by atoms with Crippen LogP contribution in [0, 0.1) is 5.82 Å². The zero-order valence-corrected chi connectivity index (χ0v) is 9.31. The second-order valence-electron chi connectivity index (χ2n) is 3.79. The van der Waals surface area contributed by atoms with Gasteiger partial charge in [0.25, 0.3) is 0 Å². The molecule has 2 rings (SSSR count). The highest BCUT2D eigenvalue weighted by Crippen LogP contribution is 2.15. The number of aromatic nitrogens is 3. The van der Waals surface area contributed by atoms with Crippen LogP contribution in [0.15, 0.2) is 24.5 Å². The zero-order chi connectivity index (χ0) is 12.3. The van der Waals surface area contributed by atoms with E-state index in [-0.39, 0.29) is 11.8 Å². The fraction of sp³-hybridized carbons (Fsp3) is 0.273. The summed E-state index contributed by atoms with van der Waals surface area (Å²) in [4.78, 5) is 4.01. The van der Waals surface area contributed by atoms with Gasteiger partial charge in [-0.15, -0.1) is 0 Å². The number of aromatic hydroxyl groups is 1. The SMILES string of the molecule is CC(NCc1cc(O)cc(F)c1)c1ncn[nH]1. The molecule has 6 heteroatoms. The minimum atomic E-state index is -0.450. The lowest BCUT2D eigenvalue weighted by atomic mass is 10.2. The molecule has 90 valence electrons. The molecule has 3 N–H and O–H groups in total. The summed E-state index contributed by atoms with van der Waals surface area (Å²) in [5.41, 5.74) is 0.675. The molecule has 0 saturated carbocycles. The van der Waals surface area contributed by atoms with Gasteiger partial charge in [-0.1, -0.05) is 0 Å². The molecule has 0 saturated heterocycles. The van der Waals surface area contributed by atoms with Gasteiger partial charge in [-0.2, -0.15) is 5.10 Å². The number of rotatable bonds is 4. The largest absolute Gasteiger partial charge is 0.508 e. The Hall–Kier alpha value is -1.95. The lowest BCUT2D eigenvalue weighted by molar-refractivity contribution is 0.466. The standard InChI is InChI=1S/C11H13FN4O/c1-7(11-14-6-15-16-11)13-5-8-2-9(12)4-10(17)3-8/h2-4,6-7,13,17H,5H2,1H3,(H,14,15,16). The van der Waals surface area contributed by atoms with Crippen LogP contribution in [0.4, 0.5) is 4.39 Å². The highest BCUT2D eigenvalue weighted by atomic mass is 19.1. The van der Waals surface area contributed by atoms with Crippen LogP contribution in [0.3, 0.4) is 0 Å². The van der Waals surface area contributed by atoms with Gasteiger partial charge in [0.2, 0.25) is 0 Å². The molecule has 0 radical (unpaired) electrons. The Labute approximate surface area is 97.7 Å². The molecule has 17 heavy (non-hydrogen) atoms. The number of nitrogens with one attached hydrogen (secondary N) is 2. The third-order valence-corrected chi connectivity index (χ3v) is 2.40. The molecule has 0 spiro atoms. The van der Waals surface area contributed by atoms with Gasteiger partial charge < -0.3 is 10.4 Å². The average Bonchev–Trinajstić information content (AvgIpc) is 2.78. The van der Waals surface area contributed by atoms with Crippen LogP contribution in [-0.4, -0.2) is 20.3 Å². The van der Waals surface area contributed by atoms with Gasteiger partial charge in [0.15, 0.2) is 0 Å². The number of halogens is 1. The van der Waals surface area contributed by atoms with E-state index in [9.17, 15) is 9.50 Å². The summed E-state index contributed by atoms with van der Waals surface area (Å²) in [7, 11) is 0. The van der Waals surface area contributed by atoms with E-state index in [1.165, 1.54) is 18.5 Å². The fourth-order valence-electron chi connectivity index (χ4n) is 1.53. The lowest BCUT2D eigenvalue weighted by Gasteiger charge is -2.11. The summed E-state index contributed by atoms with van der Waals surface area (Å²) >= 11 is 0. The molecular weight excluding hydrogens is 223 g/mol. The summed E-state index contributed by atoms with van der Waals surface area (Å²) in [5, 5.41) is 18.9. The van der Waals surface area contributed by atoms with Crippen LogP contribution < -0.4 is 5.32 Å². The van der Waals surface area contributed by atoms with Crippen molar-refractivity contribution < 1.29 is 9.50 Å². The topological polar surface area (TPSA) is 73.8 Å². The van der Waals surface area contributed by atoms with E-state index in [1.54, 1.807) is 0 Å². The number of phenols is 1. The third kappa shape index (κ3) is 3.01. The number of benzene rings is 1. The summed E-state index contributed by atoms with van der Waals surface area (Å²) in [6.45, 7) is 2.35. The van der Waals surface area contributed by atoms with Gasteiger partial charge in [-0.3, -0.25) is 5.10 Å². The Kier molecular flexibility index (Phi) is 3.34. The van der Waals surface area contributed by atoms with Gasteiger partial charge in [0, 0.05) is 12.6 Å². The van der Waals surface area contributed by atoms with Crippen molar-refractivity contribution in [1.82, 2.24) is 20.5 Å². The van der Waals surface area contributed by atoms with E-state index < -0.39 is 5.82 Å². The summed E-state index contributed by atoms with van der Waals surface area (Å²) in [6.07, 6.45) is 1.43. The van der Waals surface area contributed by atoms with E-state index in [0.29, 0.717) is 17.9 Å². The summed E-state index contributed by atoms with van der Waals surface area (Å²) in [6, 6.07) is 3.94. The maximum absolute atomic E-state index is 13.0. The number of hydrogen-bond donors (Lipinski definition) is 3. The minimum absolute atomic E-state index is 0.0251. The smallest absolute Gasteiger partial charge is 0.141 e. The van der Waals surface area contributed by atoms with E-state index in [1.807, 2.05) is 6.92 Å². The van der Waals surface area contributed by atoms with Gasteiger partial charge in [0.05, 0.1) is 6.04 Å². The van der Waals surface area contributed by atoms with Crippen molar-refractivity contribution in [2.45, 2.75) is 19.5 Å². The highest BCUT2D eigenvalue weighted by Gasteiger charge is 2.08. The summed E-state index contributed by atoms with van der Waals surface area (Å²) < 4.78 is 13.0. The van der Waals surface area contributed by atoms with Crippen LogP contribution >= 0.6 is 0 Å². The van der Waals surface area contributed by atoms with Crippen molar-refractivity contribution in [3.05, 3.63) is 41.7 Å². The first kappa shape index (κ1) is 11.5. The number of nitrogens with zero attached hydrogens (tertiary/aromatic N) is 2. The summed E-state index contributed by atoms with van der Waals surface area (Å²) in [5.74, 6) is 0.189. The molecule has 1 aromatic heterocycles. The van der Waals surface area contributed by atoms with Crippen molar-refractivity contribution >= 4 is 0 Å². The molecule has 0 aliphatic heterocycles. The van der Waals surface area contributed by atoms with E-state index in [2.05, 4.69) is 20.5 Å². The zero-order valence-electron chi connectivity index (χ0n) is 9.31. The molecule has 1 unspecified atom stereocenters. The number of aromatic amines is 1. The Balaban J connectivity index is 1.98. The molecule has 0 amide bonds. The lowest BCUT2D eigenvalue weighted by Crippen LogP contribution is -2.19. The Bertz CT molecular complexity index is 466. The first-order valence-corrected chi connectivity index (χ1v) is 5.22. The molecule has 1 atom stereocenters. The molecule has 0 aliphatic rings. The maximum atomic E-state index is 13.0. The molecule has 0 aliphatic carbocycles. The molecular formula is C11H13FN4O. The molecule has 2 aromatic rings. The van der Waals surface area contributed by atoms with Crippen LogP contribution in [-0.2, 0) is 6.54 Å². The monoisotopic (exact) mass is 236 g/mol. The normalized spacial score (nSPS) is 12.6. The van der Waals surface area contributed by atoms with E-state index in [0.717, 1.165) is 6.07 Å². The van der Waals surface area contributed by atoms with E-state index >= 15 is 0 Å². The number of phenolic OH excluding ortho intramolecular Hbond substituents is 1. The van der Waals surface area contributed by atoms with Crippen LogP contribution in [0.25, 0.3) is 0 Å². The van der Waals surface area contributed by atoms with Crippen LogP contribution in [0.1, 0.15) is 24.4 Å².